The predicted molar refractivity (Wildman–Crippen MR) is 106 cm³/mol. The maximum absolute atomic E-state index is 12.2. The molecule has 2 rings (SSSR count). The average molecular weight is 413 g/mol. The van der Waals surface area contributed by atoms with Gasteiger partial charge in [0.2, 0.25) is 5.91 Å². The molecule has 2 aromatic rings. The summed E-state index contributed by atoms with van der Waals surface area (Å²) in [6.45, 7) is 2.19. The van der Waals surface area contributed by atoms with Crippen LogP contribution in [-0.2, 0) is 14.3 Å². The molecule has 1 atom stereocenters. The largest absolute Gasteiger partial charge is 0.456 e. The van der Waals surface area contributed by atoms with Gasteiger partial charge in [-0.1, -0.05) is 6.07 Å². The lowest BCUT2D eigenvalue weighted by atomic mass is 10.1. The highest BCUT2D eigenvalue weighted by Crippen LogP contribution is 2.13. The van der Waals surface area contributed by atoms with E-state index in [9.17, 15) is 29.3 Å². The van der Waals surface area contributed by atoms with Crippen LogP contribution in [0.4, 0.5) is 11.4 Å². The second kappa shape index (κ2) is 9.92. The van der Waals surface area contributed by atoms with Gasteiger partial charge in [-0.25, -0.2) is 4.79 Å². The van der Waals surface area contributed by atoms with E-state index < -0.39 is 35.2 Å². The van der Waals surface area contributed by atoms with Crippen LogP contribution in [0.15, 0.2) is 48.5 Å². The fourth-order valence-corrected chi connectivity index (χ4v) is 2.39. The number of ether oxygens (including phenoxy) is 1. The first kappa shape index (κ1) is 22.2. The van der Waals surface area contributed by atoms with Gasteiger partial charge in [0.25, 0.3) is 11.6 Å². The highest BCUT2D eigenvalue weighted by molar-refractivity contribution is 6.00. The summed E-state index contributed by atoms with van der Waals surface area (Å²) in [6.07, 6.45) is 0. The van der Waals surface area contributed by atoms with E-state index in [1.165, 1.54) is 44.2 Å². The maximum Gasteiger partial charge on any atom is 0.328 e. The van der Waals surface area contributed by atoms with Gasteiger partial charge in [-0.15, -0.1) is 0 Å². The fourth-order valence-electron chi connectivity index (χ4n) is 2.39. The molecule has 1 unspecified atom stereocenters. The summed E-state index contributed by atoms with van der Waals surface area (Å²) >= 11 is 0. The summed E-state index contributed by atoms with van der Waals surface area (Å²) in [5, 5.41) is 15.7. The zero-order valence-corrected chi connectivity index (χ0v) is 16.2. The Morgan fingerprint density at radius 2 is 1.73 bits per heavy atom. The quantitative estimate of drug-likeness (QED) is 0.292. The molecule has 0 saturated carbocycles. The van der Waals surface area contributed by atoms with Crippen molar-refractivity contribution in [2.45, 2.75) is 19.9 Å². The molecule has 0 radical (unpaired) electrons. The number of nitrogens with one attached hydrogen (secondary N) is 2. The van der Waals surface area contributed by atoms with Crippen LogP contribution in [0.25, 0.3) is 0 Å². The molecule has 0 spiro atoms. The fraction of sp³-hybridized carbons (Fsp3) is 0.200. The topological polar surface area (TPSA) is 145 Å². The normalized spacial score (nSPS) is 11.1. The van der Waals surface area contributed by atoms with Gasteiger partial charge in [0.15, 0.2) is 12.4 Å². The van der Waals surface area contributed by atoms with E-state index in [-0.39, 0.29) is 22.7 Å². The van der Waals surface area contributed by atoms with Crippen LogP contribution in [0.2, 0.25) is 0 Å². The smallest absolute Gasteiger partial charge is 0.328 e. The first-order chi connectivity index (χ1) is 14.2. The number of Topliss-reactive ketones (excluding diaryl/α,β-unsaturated/α-hetero) is 1. The first-order valence-electron chi connectivity index (χ1n) is 8.80. The Hall–Kier alpha value is -4.08. The minimum Gasteiger partial charge on any atom is -0.456 e. The molecule has 10 nitrogen and oxygen atoms in total. The number of non-ortho nitro benzene ring substituents is 1. The molecule has 0 heterocycles. The van der Waals surface area contributed by atoms with Crippen LogP contribution in [0.5, 0.6) is 0 Å². The van der Waals surface area contributed by atoms with Crippen molar-refractivity contribution in [1.82, 2.24) is 5.32 Å². The average Bonchev–Trinajstić information content (AvgIpc) is 2.71. The number of carbonyl (C=O) groups is 4. The third-order valence-corrected chi connectivity index (χ3v) is 3.89. The maximum atomic E-state index is 12.2. The van der Waals surface area contributed by atoms with E-state index in [1.807, 2.05) is 0 Å². The van der Waals surface area contributed by atoms with Crippen molar-refractivity contribution in [2.75, 3.05) is 11.9 Å². The standard InChI is InChI=1S/C20H19N3O7/c1-12(21-19(26)15-4-3-5-17(10-15)23(28)29)20(27)30-11-18(25)14-6-8-16(9-7-14)22-13(2)24/h3-10,12H,11H2,1-2H3,(H,21,26)(H,22,24). The number of hydrogen-bond donors (Lipinski definition) is 2. The zero-order valence-electron chi connectivity index (χ0n) is 16.2. The van der Waals surface area contributed by atoms with Gasteiger partial charge in [-0.05, 0) is 37.3 Å². The number of hydrogen-bond acceptors (Lipinski definition) is 7. The van der Waals surface area contributed by atoms with Crippen LogP contribution >= 0.6 is 0 Å². The van der Waals surface area contributed by atoms with E-state index in [4.69, 9.17) is 4.74 Å². The molecule has 156 valence electrons. The van der Waals surface area contributed by atoms with E-state index >= 15 is 0 Å². The van der Waals surface area contributed by atoms with Crippen molar-refractivity contribution in [3.8, 4) is 0 Å². The Balaban J connectivity index is 1.88. The molecule has 0 aliphatic carbocycles. The molecule has 0 aliphatic heterocycles. The Kier molecular flexibility index (Phi) is 7.34. The Morgan fingerprint density at radius 3 is 2.33 bits per heavy atom. The second-order valence-electron chi connectivity index (χ2n) is 6.29. The minimum absolute atomic E-state index is 0.0131. The summed E-state index contributed by atoms with van der Waals surface area (Å²) in [6, 6.07) is 10.0. The zero-order chi connectivity index (χ0) is 22.3. The Labute approximate surface area is 171 Å². The van der Waals surface area contributed by atoms with Crippen LogP contribution < -0.4 is 10.6 Å². The van der Waals surface area contributed by atoms with Gasteiger partial charge < -0.3 is 15.4 Å². The molecular formula is C20H19N3O7. The molecule has 2 amide bonds. The third kappa shape index (κ3) is 6.23. The Bertz CT molecular complexity index is 986. The Morgan fingerprint density at radius 1 is 1.07 bits per heavy atom. The molecule has 0 aromatic heterocycles. The summed E-state index contributed by atoms with van der Waals surface area (Å²) in [5.41, 5.74) is 0.561. The molecule has 0 fully saturated rings. The van der Waals surface area contributed by atoms with Gasteiger partial charge in [0.05, 0.1) is 4.92 Å². The van der Waals surface area contributed by atoms with Gasteiger partial charge in [0.1, 0.15) is 6.04 Å². The number of rotatable bonds is 8. The van der Waals surface area contributed by atoms with E-state index in [2.05, 4.69) is 10.6 Å². The number of carbonyl (C=O) groups excluding carboxylic acids is 4. The van der Waals surface area contributed by atoms with Gasteiger partial charge in [-0.2, -0.15) is 0 Å². The number of nitrogens with zero attached hydrogens (tertiary/aromatic N) is 1. The number of nitro benzene ring substituents is 1. The van der Waals surface area contributed by atoms with Gasteiger partial charge >= 0.3 is 5.97 Å². The van der Waals surface area contributed by atoms with Crippen molar-refractivity contribution in [2.24, 2.45) is 0 Å². The van der Waals surface area contributed by atoms with E-state index in [1.54, 1.807) is 12.1 Å². The van der Waals surface area contributed by atoms with Gasteiger partial charge in [0, 0.05) is 35.9 Å². The number of amides is 2. The molecule has 30 heavy (non-hydrogen) atoms. The number of ketones is 1. The van der Waals surface area contributed by atoms with Crippen molar-refractivity contribution in [3.63, 3.8) is 0 Å². The third-order valence-electron chi connectivity index (χ3n) is 3.89. The monoisotopic (exact) mass is 413 g/mol. The second-order valence-corrected chi connectivity index (χ2v) is 6.29. The van der Waals surface area contributed by atoms with Crippen LogP contribution in [0.1, 0.15) is 34.6 Å². The predicted octanol–water partition coefficient (Wildman–Crippen LogP) is 2.10. The SMILES string of the molecule is CC(=O)Nc1ccc(C(=O)COC(=O)C(C)NC(=O)c2cccc([N+](=O)[O-])c2)cc1. The molecule has 0 saturated heterocycles. The number of anilines is 1. The van der Waals surface area contributed by atoms with Crippen LogP contribution in [0, 0.1) is 10.1 Å². The number of benzene rings is 2. The van der Waals surface area contributed by atoms with E-state index in [0.717, 1.165) is 6.07 Å². The molecule has 0 aliphatic rings. The summed E-state index contributed by atoms with van der Waals surface area (Å²) in [5.74, 6) is -2.24. The lowest BCUT2D eigenvalue weighted by Crippen LogP contribution is -2.40. The van der Waals surface area contributed by atoms with Crippen LogP contribution in [-0.4, -0.2) is 41.1 Å². The molecule has 2 aromatic carbocycles. The lowest BCUT2D eigenvalue weighted by Gasteiger charge is -2.13. The van der Waals surface area contributed by atoms with Crippen molar-refractivity contribution >= 4 is 34.9 Å². The van der Waals surface area contributed by atoms with Crippen LogP contribution in [0.3, 0.4) is 0 Å². The van der Waals surface area contributed by atoms with Crippen molar-refractivity contribution < 1.29 is 28.8 Å². The highest BCUT2D eigenvalue weighted by Gasteiger charge is 2.20. The van der Waals surface area contributed by atoms with E-state index in [0.29, 0.717) is 5.69 Å². The number of esters is 1. The summed E-state index contributed by atoms with van der Waals surface area (Å²) in [4.78, 5) is 57.5. The lowest BCUT2D eigenvalue weighted by molar-refractivity contribution is -0.384. The molecular weight excluding hydrogens is 394 g/mol. The molecule has 10 heteroatoms. The van der Waals surface area contributed by atoms with Crippen molar-refractivity contribution in [3.05, 3.63) is 69.8 Å². The molecule has 2 N–H and O–H groups in total. The van der Waals surface area contributed by atoms with Gasteiger partial charge in [-0.3, -0.25) is 24.5 Å². The summed E-state index contributed by atoms with van der Waals surface area (Å²) in [7, 11) is 0. The first-order valence-corrected chi connectivity index (χ1v) is 8.80. The summed E-state index contributed by atoms with van der Waals surface area (Å²) < 4.78 is 4.93. The van der Waals surface area contributed by atoms with Crippen molar-refractivity contribution in [1.29, 1.82) is 0 Å². The minimum atomic E-state index is -1.08. The molecule has 0 bridgehead atoms. The number of nitro groups is 1. The highest BCUT2D eigenvalue weighted by atomic mass is 16.6.